The van der Waals surface area contributed by atoms with Crippen molar-refractivity contribution < 1.29 is 9.59 Å². The average Bonchev–Trinajstić information content (AvgIpc) is 2.62. The molecule has 2 amide bonds. The number of benzene rings is 2. The lowest BCUT2D eigenvalue weighted by atomic mass is 10.1. The summed E-state index contributed by atoms with van der Waals surface area (Å²) in [6.45, 7) is 5.25. The third-order valence-corrected chi connectivity index (χ3v) is 3.88. The molecule has 0 aliphatic carbocycles. The van der Waals surface area contributed by atoms with E-state index in [0.717, 1.165) is 5.69 Å². The van der Waals surface area contributed by atoms with Gasteiger partial charge in [-0.25, -0.2) is 0 Å². The quantitative estimate of drug-likeness (QED) is 0.848. The van der Waals surface area contributed by atoms with E-state index in [1.807, 2.05) is 44.2 Å². The minimum absolute atomic E-state index is 0.00888. The highest BCUT2D eigenvalue weighted by Gasteiger charge is 2.16. The first kappa shape index (κ1) is 16.7. The van der Waals surface area contributed by atoms with Gasteiger partial charge in [0, 0.05) is 37.0 Å². The van der Waals surface area contributed by atoms with E-state index in [-0.39, 0.29) is 11.8 Å². The van der Waals surface area contributed by atoms with Gasteiger partial charge in [-0.3, -0.25) is 9.59 Å². The van der Waals surface area contributed by atoms with Crippen LogP contribution in [0.5, 0.6) is 0 Å². The number of carbonyl (C=O) groups is 2. The number of nitrogens with zero attached hydrogens (tertiary/aromatic N) is 2. The molecule has 0 bridgehead atoms. The summed E-state index contributed by atoms with van der Waals surface area (Å²) >= 11 is 0. The highest BCUT2D eigenvalue weighted by molar-refractivity contribution is 6.06. The summed E-state index contributed by atoms with van der Waals surface area (Å²) in [7, 11) is 1.74. The van der Waals surface area contributed by atoms with Crippen LogP contribution in [-0.2, 0) is 0 Å². The molecule has 0 saturated carbocycles. The van der Waals surface area contributed by atoms with Gasteiger partial charge in [0.15, 0.2) is 0 Å². The molecule has 0 aromatic heterocycles. The van der Waals surface area contributed by atoms with Gasteiger partial charge in [-0.2, -0.15) is 0 Å². The first-order valence-corrected chi connectivity index (χ1v) is 7.81. The second-order valence-corrected chi connectivity index (χ2v) is 5.25. The van der Waals surface area contributed by atoms with Gasteiger partial charge in [-0.15, -0.1) is 0 Å². The van der Waals surface area contributed by atoms with Gasteiger partial charge in [0.05, 0.1) is 0 Å². The summed E-state index contributed by atoms with van der Waals surface area (Å²) in [6, 6.07) is 16.3. The molecular formula is C19H22N2O2. The molecule has 120 valence electrons. The molecule has 2 rings (SSSR count). The van der Waals surface area contributed by atoms with Gasteiger partial charge in [0.1, 0.15) is 0 Å². The Labute approximate surface area is 137 Å². The second kappa shape index (κ2) is 7.58. The summed E-state index contributed by atoms with van der Waals surface area (Å²) in [5.74, 6) is -0.108. The summed E-state index contributed by atoms with van der Waals surface area (Å²) in [5, 5.41) is 0. The minimum atomic E-state index is -0.0990. The predicted octanol–water partition coefficient (Wildman–Crippen LogP) is 3.45. The molecule has 0 atom stereocenters. The van der Waals surface area contributed by atoms with Crippen LogP contribution in [0.15, 0.2) is 54.6 Å². The predicted molar refractivity (Wildman–Crippen MR) is 92.9 cm³/mol. The molecule has 0 aliphatic rings. The standard InChI is InChI=1S/C19H22N2O2/c1-4-21(5-2)19(23)16-13-11-15(12-14-16)18(22)20(3)17-9-7-6-8-10-17/h6-14H,4-5H2,1-3H3. The maximum absolute atomic E-state index is 12.5. The number of hydrogen-bond acceptors (Lipinski definition) is 2. The second-order valence-electron chi connectivity index (χ2n) is 5.25. The molecule has 0 N–H and O–H groups in total. The van der Waals surface area contributed by atoms with E-state index in [2.05, 4.69) is 0 Å². The number of carbonyl (C=O) groups excluding carboxylic acids is 2. The van der Waals surface area contributed by atoms with Crippen molar-refractivity contribution in [2.75, 3.05) is 25.0 Å². The average molecular weight is 310 g/mol. The molecule has 0 aliphatic heterocycles. The van der Waals surface area contributed by atoms with Gasteiger partial charge in [0.25, 0.3) is 11.8 Å². The molecular weight excluding hydrogens is 288 g/mol. The Morgan fingerprint density at radius 3 is 1.74 bits per heavy atom. The summed E-state index contributed by atoms with van der Waals surface area (Å²) in [4.78, 5) is 28.1. The lowest BCUT2D eigenvalue weighted by molar-refractivity contribution is 0.0772. The molecule has 4 nitrogen and oxygen atoms in total. The van der Waals surface area contributed by atoms with Gasteiger partial charge >= 0.3 is 0 Å². The van der Waals surface area contributed by atoms with E-state index in [0.29, 0.717) is 24.2 Å². The molecule has 0 radical (unpaired) electrons. The van der Waals surface area contributed by atoms with Crippen LogP contribution in [0.4, 0.5) is 5.69 Å². The summed E-state index contributed by atoms with van der Waals surface area (Å²) < 4.78 is 0. The lowest BCUT2D eigenvalue weighted by Gasteiger charge is -2.19. The minimum Gasteiger partial charge on any atom is -0.339 e. The molecule has 0 spiro atoms. The molecule has 0 fully saturated rings. The van der Waals surface area contributed by atoms with Crippen molar-refractivity contribution in [1.29, 1.82) is 0 Å². The Kier molecular flexibility index (Phi) is 5.52. The van der Waals surface area contributed by atoms with Crippen molar-refractivity contribution in [1.82, 2.24) is 4.90 Å². The fourth-order valence-electron chi connectivity index (χ4n) is 2.41. The number of anilines is 1. The van der Waals surface area contributed by atoms with E-state index in [1.54, 1.807) is 41.1 Å². The van der Waals surface area contributed by atoms with Crippen LogP contribution < -0.4 is 4.90 Å². The molecule has 0 heterocycles. The summed E-state index contributed by atoms with van der Waals surface area (Å²) in [5.41, 5.74) is 2.00. The van der Waals surface area contributed by atoms with Crippen LogP contribution in [0.25, 0.3) is 0 Å². The van der Waals surface area contributed by atoms with Gasteiger partial charge in [-0.1, -0.05) is 18.2 Å². The largest absolute Gasteiger partial charge is 0.339 e. The molecule has 2 aromatic carbocycles. The first-order valence-electron chi connectivity index (χ1n) is 7.81. The van der Waals surface area contributed by atoms with Crippen molar-refractivity contribution in [3.63, 3.8) is 0 Å². The van der Waals surface area contributed by atoms with Crippen molar-refractivity contribution in [2.45, 2.75) is 13.8 Å². The zero-order valence-corrected chi connectivity index (χ0v) is 13.8. The van der Waals surface area contributed by atoms with Crippen molar-refractivity contribution in [3.05, 3.63) is 65.7 Å². The Morgan fingerprint density at radius 2 is 1.26 bits per heavy atom. The van der Waals surface area contributed by atoms with Crippen molar-refractivity contribution in [2.24, 2.45) is 0 Å². The van der Waals surface area contributed by atoms with E-state index in [4.69, 9.17) is 0 Å². The van der Waals surface area contributed by atoms with Crippen LogP contribution in [0.1, 0.15) is 34.6 Å². The van der Waals surface area contributed by atoms with Gasteiger partial charge in [-0.05, 0) is 50.2 Å². The normalized spacial score (nSPS) is 10.2. The Hall–Kier alpha value is -2.62. The van der Waals surface area contributed by atoms with E-state index < -0.39 is 0 Å². The lowest BCUT2D eigenvalue weighted by Crippen LogP contribution is -2.30. The topological polar surface area (TPSA) is 40.6 Å². The molecule has 0 unspecified atom stereocenters. The van der Waals surface area contributed by atoms with Gasteiger partial charge < -0.3 is 9.80 Å². The molecule has 23 heavy (non-hydrogen) atoms. The van der Waals surface area contributed by atoms with E-state index >= 15 is 0 Å². The zero-order chi connectivity index (χ0) is 16.8. The first-order chi connectivity index (χ1) is 11.1. The summed E-state index contributed by atoms with van der Waals surface area (Å²) in [6.07, 6.45) is 0. The third kappa shape index (κ3) is 3.77. The van der Waals surface area contributed by atoms with Crippen LogP contribution in [0.2, 0.25) is 0 Å². The van der Waals surface area contributed by atoms with Gasteiger partial charge in [0.2, 0.25) is 0 Å². The highest BCUT2D eigenvalue weighted by atomic mass is 16.2. The van der Waals surface area contributed by atoms with Crippen LogP contribution in [-0.4, -0.2) is 36.9 Å². The fraction of sp³-hybridized carbons (Fsp3) is 0.263. The fourth-order valence-corrected chi connectivity index (χ4v) is 2.41. The Bertz CT molecular complexity index is 662. The van der Waals surface area contributed by atoms with E-state index in [9.17, 15) is 9.59 Å². The Morgan fingerprint density at radius 1 is 0.783 bits per heavy atom. The maximum atomic E-state index is 12.5. The highest BCUT2D eigenvalue weighted by Crippen LogP contribution is 2.16. The van der Waals surface area contributed by atoms with Crippen LogP contribution in [0.3, 0.4) is 0 Å². The maximum Gasteiger partial charge on any atom is 0.258 e. The van der Waals surface area contributed by atoms with Crippen molar-refractivity contribution in [3.8, 4) is 0 Å². The number of rotatable bonds is 5. The number of amides is 2. The SMILES string of the molecule is CCN(CC)C(=O)c1ccc(C(=O)N(C)c2ccccc2)cc1. The molecule has 2 aromatic rings. The zero-order valence-electron chi connectivity index (χ0n) is 13.8. The van der Waals surface area contributed by atoms with Crippen molar-refractivity contribution >= 4 is 17.5 Å². The van der Waals surface area contributed by atoms with E-state index in [1.165, 1.54) is 0 Å². The monoisotopic (exact) mass is 310 g/mol. The Balaban J connectivity index is 2.16. The smallest absolute Gasteiger partial charge is 0.258 e. The van der Waals surface area contributed by atoms with Crippen LogP contribution >= 0.6 is 0 Å². The molecule has 0 saturated heterocycles. The third-order valence-electron chi connectivity index (χ3n) is 3.88. The van der Waals surface area contributed by atoms with Crippen LogP contribution in [0, 0.1) is 0 Å². The number of para-hydroxylation sites is 1. The molecule has 4 heteroatoms. The number of hydrogen-bond donors (Lipinski definition) is 0.